The molecule has 36 heavy (non-hydrogen) atoms. The highest BCUT2D eigenvalue weighted by Gasteiger charge is 2.19. The van der Waals surface area contributed by atoms with E-state index in [0.717, 1.165) is 35.2 Å². The van der Waals surface area contributed by atoms with Crippen LogP contribution in [0.3, 0.4) is 0 Å². The fourth-order valence-corrected chi connectivity index (χ4v) is 4.72. The molecule has 7 nitrogen and oxygen atoms in total. The lowest BCUT2D eigenvalue weighted by molar-refractivity contribution is 0.234. The Bertz CT molecular complexity index is 1300. The first-order valence-corrected chi connectivity index (χ1v) is 12.4. The molecule has 0 saturated heterocycles. The zero-order valence-electron chi connectivity index (χ0n) is 19.9. The normalized spacial score (nSPS) is 11.4. The van der Waals surface area contributed by atoms with E-state index in [9.17, 15) is 0 Å². The van der Waals surface area contributed by atoms with Crippen LogP contribution in [-0.2, 0) is 19.6 Å². The smallest absolute Gasteiger partial charge is 0.147 e. The van der Waals surface area contributed by atoms with Gasteiger partial charge in [-0.25, -0.2) is 0 Å². The molecule has 2 aromatic heterocycles. The van der Waals surface area contributed by atoms with Gasteiger partial charge in [0.25, 0.3) is 0 Å². The second-order valence-electron chi connectivity index (χ2n) is 8.81. The number of rotatable bonds is 11. The first-order valence-electron chi connectivity index (χ1n) is 12.0. The minimum atomic E-state index is 0.286. The van der Waals surface area contributed by atoms with E-state index in [1.807, 2.05) is 18.2 Å². The summed E-state index contributed by atoms with van der Waals surface area (Å²) in [4.78, 5) is 5.48. The van der Waals surface area contributed by atoms with E-state index in [0.29, 0.717) is 19.6 Å². The van der Waals surface area contributed by atoms with Gasteiger partial charge in [-0.1, -0.05) is 84.4 Å². The minimum Gasteiger partial charge on any atom is -0.330 e. The monoisotopic (exact) mass is 497 g/mol. The van der Waals surface area contributed by atoms with Crippen LogP contribution in [-0.4, -0.2) is 41.4 Å². The van der Waals surface area contributed by atoms with Crippen molar-refractivity contribution in [2.45, 2.75) is 32.0 Å². The van der Waals surface area contributed by atoms with E-state index in [2.05, 4.69) is 102 Å². The van der Waals surface area contributed by atoms with Crippen molar-refractivity contribution in [3.8, 4) is 0 Å². The van der Waals surface area contributed by atoms with Gasteiger partial charge in [0.2, 0.25) is 0 Å². The van der Waals surface area contributed by atoms with Crippen LogP contribution < -0.4 is 0 Å². The van der Waals surface area contributed by atoms with Gasteiger partial charge in [0.05, 0.1) is 19.6 Å². The maximum atomic E-state index is 6.20. The Morgan fingerprint density at radius 1 is 0.833 bits per heavy atom. The average molecular weight is 498 g/mol. The summed E-state index contributed by atoms with van der Waals surface area (Å²) in [6, 6.07) is 29.3. The lowest BCUT2D eigenvalue weighted by Gasteiger charge is -2.25. The molecule has 0 fully saturated rings. The Hall–Kier alpha value is -3.81. The molecule has 3 aromatic carbocycles. The molecule has 0 saturated carbocycles. The van der Waals surface area contributed by atoms with E-state index < -0.39 is 0 Å². The summed E-state index contributed by atoms with van der Waals surface area (Å²) in [6.07, 6.45) is 4.34. The van der Waals surface area contributed by atoms with Crippen LogP contribution >= 0.6 is 11.6 Å². The van der Waals surface area contributed by atoms with Crippen molar-refractivity contribution in [1.82, 2.24) is 34.8 Å². The summed E-state index contributed by atoms with van der Waals surface area (Å²) < 4.78 is 2.07. The number of aromatic amines is 1. The first kappa shape index (κ1) is 23.9. The molecule has 0 aliphatic rings. The second kappa shape index (κ2) is 11.7. The van der Waals surface area contributed by atoms with E-state index >= 15 is 0 Å². The number of H-pyrrole nitrogens is 1. The molecule has 0 aliphatic carbocycles. The third-order valence-electron chi connectivity index (χ3n) is 6.28. The van der Waals surface area contributed by atoms with Crippen LogP contribution in [0.2, 0.25) is 5.02 Å². The molecule has 0 amide bonds. The van der Waals surface area contributed by atoms with Gasteiger partial charge >= 0.3 is 0 Å². The van der Waals surface area contributed by atoms with Crippen molar-refractivity contribution in [3.05, 3.63) is 131 Å². The second-order valence-corrected chi connectivity index (χ2v) is 9.25. The molecule has 0 unspecified atom stereocenters. The highest BCUT2D eigenvalue weighted by Crippen LogP contribution is 2.28. The molecule has 1 N–H and O–H groups in total. The fourth-order valence-electron chi connectivity index (χ4n) is 4.51. The molecule has 182 valence electrons. The maximum absolute atomic E-state index is 6.20. The van der Waals surface area contributed by atoms with Crippen LogP contribution in [0, 0.1) is 0 Å². The molecule has 0 atom stereocenters. The van der Waals surface area contributed by atoms with Crippen molar-refractivity contribution in [2.24, 2.45) is 0 Å². The Morgan fingerprint density at radius 3 is 2.25 bits per heavy atom. The standard InChI is InChI=1S/C28H28ClN7/c29-25-13-7-8-22(16-25)17-36-21-32-34-28(36)19-35(18-27-30-20-31-33-27)15-14-26(23-9-3-1-4-10-23)24-11-5-2-6-12-24/h1-13,16,20-21,26H,14-15,17-19H2,(H,30,31,33). The summed E-state index contributed by atoms with van der Waals surface area (Å²) in [7, 11) is 0. The van der Waals surface area contributed by atoms with Crippen molar-refractivity contribution >= 4 is 11.6 Å². The number of nitrogens with zero attached hydrogens (tertiary/aromatic N) is 6. The molecule has 2 heterocycles. The minimum absolute atomic E-state index is 0.286. The van der Waals surface area contributed by atoms with Crippen LogP contribution in [0.15, 0.2) is 97.6 Å². The summed E-state index contributed by atoms with van der Waals surface area (Å²) >= 11 is 6.20. The van der Waals surface area contributed by atoms with Gasteiger partial charge in [-0.2, -0.15) is 0 Å². The third-order valence-corrected chi connectivity index (χ3v) is 6.52. The molecule has 0 bridgehead atoms. The van der Waals surface area contributed by atoms with Crippen LogP contribution in [0.4, 0.5) is 0 Å². The van der Waals surface area contributed by atoms with Gasteiger partial charge in [0.15, 0.2) is 0 Å². The van der Waals surface area contributed by atoms with E-state index in [4.69, 9.17) is 11.6 Å². The van der Waals surface area contributed by atoms with Gasteiger partial charge in [0.1, 0.15) is 24.3 Å². The lowest BCUT2D eigenvalue weighted by Crippen LogP contribution is -2.28. The van der Waals surface area contributed by atoms with Crippen molar-refractivity contribution in [2.75, 3.05) is 6.54 Å². The topological polar surface area (TPSA) is 75.5 Å². The third kappa shape index (κ3) is 6.24. The molecule has 8 heteroatoms. The predicted molar refractivity (Wildman–Crippen MR) is 140 cm³/mol. The Kier molecular flexibility index (Phi) is 7.80. The summed E-state index contributed by atoms with van der Waals surface area (Å²) in [5.74, 6) is 2.01. The number of halogens is 1. The summed E-state index contributed by atoms with van der Waals surface area (Å²) in [5.41, 5.74) is 3.73. The Balaban J connectivity index is 1.35. The number of hydrogen-bond acceptors (Lipinski definition) is 5. The van der Waals surface area contributed by atoms with Crippen molar-refractivity contribution in [3.63, 3.8) is 0 Å². The van der Waals surface area contributed by atoms with Gasteiger partial charge in [0, 0.05) is 17.5 Å². The van der Waals surface area contributed by atoms with Crippen LogP contribution in [0.1, 0.15) is 40.7 Å². The highest BCUT2D eigenvalue weighted by atomic mass is 35.5. The molecule has 0 radical (unpaired) electrons. The number of aromatic nitrogens is 6. The number of benzene rings is 3. The van der Waals surface area contributed by atoms with E-state index in [-0.39, 0.29) is 5.92 Å². The van der Waals surface area contributed by atoms with Gasteiger partial charge in [-0.05, 0) is 35.2 Å². The molecular weight excluding hydrogens is 470 g/mol. The summed E-state index contributed by atoms with van der Waals surface area (Å²) in [5, 5.41) is 17.6. The molecule has 0 spiro atoms. The highest BCUT2D eigenvalue weighted by molar-refractivity contribution is 6.30. The molecule has 5 aromatic rings. The fraction of sp³-hybridized carbons (Fsp3) is 0.214. The van der Waals surface area contributed by atoms with E-state index in [1.165, 1.54) is 11.1 Å². The first-order chi connectivity index (χ1) is 17.7. The zero-order valence-corrected chi connectivity index (χ0v) is 20.7. The van der Waals surface area contributed by atoms with Crippen LogP contribution in [0.25, 0.3) is 0 Å². The van der Waals surface area contributed by atoms with Gasteiger partial charge in [-0.15, -0.1) is 20.4 Å². The summed E-state index contributed by atoms with van der Waals surface area (Å²) in [6.45, 7) is 2.78. The molecular formula is C28H28ClN7. The Morgan fingerprint density at radius 2 is 1.58 bits per heavy atom. The zero-order chi connectivity index (χ0) is 24.6. The molecule has 0 aliphatic heterocycles. The predicted octanol–water partition coefficient (Wildman–Crippen LogP) is 5.32. The van der Waals surface area contributed by atoms with E-state index in [1.54, 1.807) is 12.7 Å². The van der Waals surface area contributed by atoms with Gasteiger partial charge < -0.3 is 9.55 Å². The maximum Gasteiger partial charge on any atom is 0.147 e. The SMILES string of the molecule is Clc1cccc(Cn2cnnc2CN(CCC(c2ccccc2)c2ccccc2)Cc2nnc[nH]2)c1. The molecule has 5 rings (SSSR count). The van der Waals surface area contributed by atoms with Crippen LogP contribution in [0.5, 0.6) is 0 Å². The van der Waals surface area contributed by atoms with Crippen molar-refractivity contribution in [1.29, 1.82) is 0 Å². The number of nitrogens with one attached hydrogen (secondary N) is 1. The Labute approximate surface area is 215 Å². The number of hydrogen-bond donors (Lipinski definition) is 1. The largest absolute Gasteiger partial charge is 0.330 e. The van der Waals surface area contributed by atoms with Crippen molar-refractivity contribution < 1.29 is 0 Å². The quantitative estimate of drug-likeness (QED) is 0.267. The lowest BCUT2D eigenvalue weighted by atomic mass is 9.88. The van der Waals surface area contributed by atoms with Gasteiger partial charge in [-0.3, -0.25) is 4.90 Å². The average Bonchev–Trinajstić information content (AvgIpc) is 3.58.